The molecular formula is C24H22N4O5S2. The minimum Gasteiger partial charge on any atom is -0.462 e. The van der Waals surface area contributed by atoms with E-state index in [4.69, 9.17) is 4.74 Å². The number of rotatable bonds is 8. The van der Waals surface area contributed by atoms with Crippen LogP contribution in [0.15, 0.2) is 68.5 Å². The number of amides is 1. The first-order valence-corrected chi connectivity index (χ1v) is 12.6. The number of carbonyl (C=O) groups is 2. The van der Waals surface area contributed by atoms with Gasteiger partial charge in [0.25, 0.3) is 5.56 Å². The summed E-state index contributed by atoms with van der Waals surface area (Å²) in [6.45, 7) is 3.44. The fraction of sp³-hybridized carbons (Fsp3) is 0.208. The number of benzene rings is 2. The lowest BCUT2D eigenvalue weighted by molar-refractivity contribution is -0.116. The van der Waals surface area contributed by atoms with Gasteiger partial charge in [0.05, 0.1) is 23.5 Å². The number of hydrogen-bond acceptors (Lipinski definition) is 8. The highest BCUT2D eigenvalue weighted by Gasteiger charge is 2.21. The van der Waals surface area contributed by atoms with Gasteiger partial charge in [0.15, 0.2) is 9.99 Å². The van der Waals surface area contributed by atoms with Crippen LogP contribution < -0.4 is 16.6 Å². The summed E-state index contributed by atoms with van der Waals surface area (Å²) in [5.41, 5.74) is -0.157. The largest absolute Gasteiger partial charge is 0.462 e. The van der Waals surface area contributed by atoms with Crippen LogP contribution in [0.1, 0.15) is 24.2 Å². The van der Waals surface area contributed by atoms with Crippen molar-refractivity contribution in [3.8, 4) is 5.69 Å². The average Bonchev–Trinajstić information content (AvgIpc) is 3.27. The molecule has 2 aromatic heterocycles. The molecule has 0 unspecified atom stereocenters. The van der Waals surface area contributed by atoms with Crippen molar-refractivity contribution >= 4 is 51.0 Å². The van der Waals surface area contributed by atoms with Gasteiger partial charge in [-0.25, -0.2) is 19.1 Å². The summed E-state index contributed by atoms with van der Waals surface area (Å²) in [4.78, 5) is 56.4. The molecule has 1 amide bonds. The maximum Gasteiger partial charge on any atom is 0.340 e. The van der Waals surface area contributed by atoms with Gasteiger partial charge >= 0.3 is 11.7 Å². The number of para-hydroxylation sites is 2. The van der Waals surface area contributed by atoms with Crippen LogP contribution in [-0.2, 0) is 16.1 Å². The number of thiazole rings is 1. The lowest BCUT2D eigenvalue weighted by Gasteiger charge is -2.13. The monoisotopic (exact) mass is 510 g/mol. The number of anilines is 1. The molecule has 35 heavy (non-hydrogen) atoms. The zero-order valence-electron chi connectivity index (χ0n) is 19.0. The van der Waals surface area contributed by atoms with E-state index in [9.17, 15) is 19.2 Å². The molecule has 0 aliphatic heterocycles. The first kappa shape index (κ1) is 24.4. The Morgan fingerprint density at radius 1 is 1.06 bits per heavy atom. The van der Waals surface area contributed by atoms with Crippen molar-refractivity contribution in [1.29, 1.82) is 0 Å². The fourth-order valence-electron chi connectivity index (χ4n) is 3.46. The summed E-state index contributed by atoms with van der Waals surface area (Å²) in [5.74, 6) is -0.385. The third kappa shape index (κ3) is 5.05. The van der Waals surface area contributed by atoms with Crippen LogP contribution in [0.3, 0.4) is 0 Å². The van der Waals surface area contributed by atoms with Crippen LogP contribution in [0.25, 0.3) is 16.0 Å². The highest BCUT2D eigenvalue weighted by atomic mass is 32.2. The van der Waals surface area contributed by atoms with E-state index < -0.39 is 29.7 Å². The molecule has 2 heterocycles. The average molecular weight is 511 g/mol. The van der Waals surface area contributed by atoms with Gasteiger partial charge in [-0.1, -0.05) is 49.0 Å². The first-order chi connectivity index (χ1) is 16.9. The molecule has 0 radical (unpaired) electrons. The van der Waals surface area contributed by atoms with Gasteiger partial charge in [-0.15, -0.1) is 11.3 Å². The molecule has 0 bridgehead atoms. The van der Waals surface area contributed by atoms with Crippen molar-refractivity contribution in [2.45, 2.75) is 24.7 Å². The van der Waals surface area contributed by atoms with Gasteiger partial charge < -0.3 is 10.1 Å². The highest BCUT2D eigenvalue weighted by Crippen LogP contribution is 2.27. The topological polar surface area (TPSA) is 112 Å². The predicted octanol–water partition coefficient (Wildman–Crippen LogP) is 3.54. The quantitative estimate of drug-likeness (QED) is 0.285. The summed E-state index contributed by atoms with van der Waals surface area (Å²) >= 11 is 2.64. The van der Waals surface area contributed by atoms with Gasteiger partial charge in [-0.05, 0) is 36.9 Å². The number of ether oxygens (including phenoxy) is 1. The molecule has 0 fully saturated rings. The Morgan fingerprint density at radius 2 is 1.77 bits per heavy atom. The van der Waals surface area contributed by atoms with Gasteiger partial charge in [-0.3, -0.25) is 14.2 Å². The Hall–Kier alpha value is -3.70. The van der Waals surface area contributed by atoms with Crippen LogP contribution in [0.2, 0.25) is 0 Å². The Morgan fingerprint density at radius 3 is 2.49 bits per heavy atom. The molecule has 0 aliphatic rings. The molecular weight excluding hydrogens is 488 g/mol. The molecule has 4 rings (SSSR count). The van der Waals surface area contributed by atoms with Crippen molar-refractivity contribution < 1.29 is 14.3 Å². The van der Waals surface area contributed by atoms with Gasteiger partial charge in [-0.2, -0.15) is 0 Å². The Bertz CT molecular complexity index is 1510. The van der Waals surface area contributed by atoms with E-state index in [1.165, 1.54) is 27.7 Å². The lowest BCUT2D eigenvalue weighted by Crippen LogP contribution is -2.40. The molecule has 180 valence electrons. The maximum absolute atomic E-state index is 13.4. The number of nitrogens with one attached hydrogen (secondary N) is 1. The summed E-state index contributed by atoms with van der Waals surface area (Å²) in [7, 11) is 0. The van der Waals surface area contributed by atoms with E-state index in [1.54, 1.807) is 61.5 Å². The minimum absolute atomic E-state index is 0.155. The molecule has 1 N–H and O–H groups in total. The second kappa shape index (κ2) is 10.7. The number of carbonyl (C=O) groups excluding carboxylic acids is 2. The zero-order chi connectivity index (χ0) is 24.9. The van der Waals surface area contributed by atoms with Crippen LogP contribution in [0.5, 0.6) is 0 Å². The van der Waals surface area contributed by atoms with Crippen LogP contribution in [0, 0.1) is 0 Å². The second-order valence-electron chi connectivity index (χ2n) is 7.22. The molecule has 11 heteroatoms. The van der Waals surface area contributed by atoms with Crippen molar-refractivity contribution in [1.82, 2.24) is 14.1 Å². The number of esters is 1. The molecule has 0 saturated carbocycles. The summed E-state index contributed by atoms with van der Waals surface area (Å²) in [5, 5.41) is 2.68. The van der Waals surface area contributed by atoms with E-state index in [0.717, 1.165) is 10.3 Å². The van der Waals surface area contributed by atoms with E-state index >= 15 is 0 Å². The van der Waals surface area contributed by atoms with Crippen molar-refractivity contribution in [2.75, 3.05) is 17.7 Å². The SMILES string of the molecule is CCOC(=O)c1ccccc1NC(=O)Cn1c(=O)n(-c2ccccc2)c(=O)c2sc(SCC)nc21. The van der Waals surface area contributed by atoms with Gasteiger partial charge in [0.1, 0.15) is 11.2 Å². The molecule has 0 aliphatic carbocycles. The predicted molar refractivity (Wildman–Crippen MR) is 137 cm³/mol. The van der Waals surface area contributed by atoms with E-state index in [1.807, 2.05) is 6.92 Å². The number of fused-ring (bicyclic) bond motifs is 1. The summed E-state index contributed by atoms with van der Waals surface area (Å²) in [6.07, 6.45) is 0. The molecule has 0 spiro atoms. The number of nitrogens with zero attached hydrogens (tertiary/aromatic N) is 3. The Labute approximate surface area is 208 Å². The number of aromatic nitrogens is 3. The van der Waals surface area contributed by atoms with E-state index in [-0.39, 0.29) is 28.2 Å². The van der Waals surface area contributed by atoms with Gasteiger partial charge in [0.2, 0.25) is 5.91 Å². The first-order valence-electron chi connectivity index (χ1n) is 10.8. The normalized spacial score (nSPS) is 10.9. The molecule has 2 aromatic carbocycles. The third-order valence-corrected chi connectivity index (χ3v) is 7.00. The van der Waals surface area contributed by atoms with Crippen molar-refractivity contribution in [3.05, 3.63) is 81.0 Å². The Kier molecular flexibility index (Phi) is 7.47. The third-order valence-electron chi connectivity index (χ3n) is 4.95. The van der Waals surface area contributed by atoms with Crippen LogP contribution >= 0.6 is 23.1 Å². The molecule has 4 aromatic rings. The maximum atomic E-state index is 13.4. The highest BCUT2D eigenvalue weighted by molar-refractivity contribution is 8.01. The lowest BCUT2D eigenvalue weighted by atomic mass is 10.2. The fourth-order valence-corrected chi connectivity index (χ4v) is 5.43. The summed E-state index contributed by atoms with van der Waals surface area (Å²) in [6, 6.07) is 15.0. The zero-order valence-corrected chi connectivity index (χ0v) is 20.6. The van der Waals surface area contributed by atoms with Crippen LogP contribution in [-0.4, -0.2) is 38.4 Å². The second-order valence-corrected chi connectivity index (χ2v) is 9.73. The smallest absolute Gasteiger partial charge is 0.340 e. The standard InChI is InChI=1S/C24H22N4O5S2/c1-3-33-22(31)16-12-8-9-13-17(16)25-18(29)14-27-20-19(35-23(26-20)34-4-2)21(30)28(24(27)32)15-10-6-5-7-11-15/h5-13H,3-4,14H2,1-2H3,(H,25,29). The number of thioether (sulfide) groups is 1. The summed E-state index contributed by atoms with van der Waals surface area (Å²) < 4.78 is 8.19. The van der Waals surface area contributed by atoms with E-state index in [2.05, 4.69) is 10.3 Å². The minimum atomic E-state index is -0.680. The Balaban J connectivity index is 1.78. The molecule has 0 atom stereocenters. The molecule has 0 saturated heterocycles. The van der Waals surface area contributed by atoms with Crippen molar-refractivity contribution in [3.63, 3.8) is 0 Å². The van der Waals surface area contributed by atoms with Crippen LogP contribution in [0.4, 0.5) is 5.69 Å². The van der Waals surface area contributed by atoms with E-state index in [0.29, 0.717) is 10.0 Å². The number of hydrogen-bond donors (Lipinski definition) is 1. The molecule has 9 nitrogen and oxygen atoms in total. The van der Waals surface area contributed by atoms with Gasteiger partial charge in [0, 0.05) is 0 Å². The van der Waals surface area contributed by atoms with Crippen molar-refractivity contribution in [2.24, 2.45) is 0 Å².